The zero-order valence-electron chi connectivity index (χ0n) is 9.62. The Hall–Kier alpha value is -1.13. The predicted molar refractivity (Wildman–Crippen MR) is 63.6 cm³/mol. The predicted octanol–water partition coefficient (Wildman–Crippen LogP) is 1.16. The van der Waals surface area contributed by atoms with E-state index in [0.717, 1.165) is 38.3 Å². The number of rotatable bonds is 2. The van der Waals surface area contributed by atoms with Gasteiger partial charge < -0.3 is 10.6 Å². The monoisotopic (exact) mass is 223 g/mol. The highest BCUT2D eigenvalue weighted by Gasteiger charge is 2.14. The number of benzene rings is 1. The molecule has 0 bridgehead atoms. The van der Waals surface area contributed by atoms with E-state index in [1.54, 1.807) is 6.07 Å². The van der Waals surface area contributed by atoms with E-state index < -0.39 is 0 Å². The van der Waals surface area contributed by atoms with E-state index in [0.29, 0.717) is 5.69 Å². The highest BCUT2D eigenvalue weighted by atomic mass is 19.1. The van der Waals surface area contributed by atoms with E-state index in [9.17, 15) is 4.39 Å². The van der Waals surface area contributed by atoms with Gasteiger partial charge in [0, 0.05) is 38.4 Å². The molecule has 16 heavy (non-hydrogen) atoms. The second-order valence-corrected chi connectivity index (χ2v) is 4.47. The molecule has 4 heteroatoms. The van der Waals surface area contributed by atoms with E-state index in [4.69, 9.17) is 5.73 Å². The molecule has 0 unspecified atom stereocenters. The quantitative estimate of drug-likeness (QED) is 0.764. The first-order valence-electron chi connectivity index (χ1n) is 5.59. The van der Waals surface area contributed by atoms with Crippen molar-refractivity contribution in [1.29, 1.82) is 0 Å². The maximum Gasteiger partial charge on any atom is 0.125 e. The molecule has 0 aliphatic carbocycles. The number of nitrogen functional groups attached to an aromatic ring is 1. The first-order chi connectivity index (χ1) is 7.63. The van der Waals surface area contributed by atoms with E-state index in [1.165, 1.54) is 6.07 Å². The number of hydrogen-bond acceptors (Lipinski definition) is 3. The summed E-state index contributed by atoms with van der Waals surface area (Å²) in [7, 11) is 2.12. The summed E-state index contributed by atoms with van der Waals surface area (Å²) >= 11 is 0. The van der Waals surface area contributed by atoms with Crippen LogP contribution in [0, 0.1) is 5.82 Å². The van der Waals surface area contributed by atoms with Gasteiger partial charge in [0.15, 0.2) is 0 Å². The molecule has 2 N–H and O–H groups in total. The normalized spacial score (nSPS) is 18.9. The summed E-state index contributed by atoms with van der Waals surface area (Å²) in [5.74, 6) is -0.246. The summed E-state index contributed by atoms with van der Waals surface area (Å²) in [6.45, 7) is 5.01. The molecular formula is C12H18FN3. The van der Waals surface area contributed by atoms with Gasteiger partial charge in [-0.25, -0.2) is 4.39 Å². The van der Waals surface area contributed by atoms with Crippen LogP contribution in [0.3, 0.4) is 0 Å². The molecule has 0 aromatic heterocycles. The standard InChI is InChI=1S/C12H18FN3/c1-15-2-4-16(5-3-15)9-10-6-11(13)8-12(14)7-10/h6-8H,2-5,9,14H2,1H3. The minimum Gasteiger partial charge on any atom is -0.399 e. The van der Waals surface area contributed by atoms with Crippen LogP contribution >= 0.6 is 0 Å². The van der Waals surface area contributed by atoms with E-state index in [2.05, 4.69) is 16.8 Å². The Balaban J connectivity index is 1.98. The van der Waals surface area contributed by atoms with Crippen molar-refractivity contribution in [2.75, 3.05) is 39.0 Å². The Morgan fingerprint density at radius 2 is 1.88 bits per heavy atom. The Kier molecular flexibility index (Phi) is 3.41. The van der Waals surface area contributed by atoms with Crippen LogP contribution < -0.4 is 5.73 Å². The van der Waals surface area contributed by atoms with E-state index in [1.807, 2.05) is 6.07 Å². The Bertz CT molecular complexity index is 339. The molecule has 0 spiro atoms. The van der Waals surface area contributed by atoms with Crippen LogP contribution in [-0.4, -0.2) is 43.0 Å². The highest BCUT2D eigenvalue weighted by Crippen LogP contribution is 2.13. The smallest absolute Gasteiger partial charge is 0.125 e. The van der Waals surface area contributed by atoms with Gasteiger partial charge >= 0.3 is 0 Å². The first-order valence-corrected chi connectivity index (χ1v) is 5.59. The van der Waals surface area contributed by atoms with Crippen molar-refractivity contribution in [3.8, 4) is 0 Å². The van der Waals surface area contributed by atoms with Crippen molar-refractivity contribution in [1.82, 2.24) is 9.80 Å². The second-order valence-electron chi connectivity index (χ2n) is 4.47. The van der Waals surface area contributed by atoms with Crippen LogP contribution in [0.25, 0.3) is 0 Å². The average molecular weight is 223 g/mol. The third-order valence-electron chi connectivity index (χ3n) is 2.98. The molecule has 0 saturated carbocycles. The number of halogens is 1. The molecule has 88 valence electrons. The number of hydrogen-bond donors (Lipinski definition) is 1. The number of anilines is 1. The minimum absolute atomic E-state index is 0.246. The molecule has 0 amide bonds. The van der Waals surface area contributed by atoms with Crippen molar-refractivity contribution < 1.29 is 4.39 Å². The lowest BCUT2D eigenvalue weighted by molar-refractivity contribution is 0.148. The molecule has 1 aliphatic heterocycles. The van der Waals surface area contributed by atoms with Crippen LogP contribution in [0.2, 0.25) is 0 Å². The van der Waals surface area contributed by atoms with Crippen LogP contribution in [0.1, 0.15) is 5.56 Å². The number of nitrogens with two attached hydrogens (primary N) is 1. The number of piperazine rings is 1. The zero-order chi connectivity index (χ0) is 11.5. The fourth-order valence-corrected chi connectivity index (χ4v) is 2.03. The maximum atomic E-state index is 13.1. The van der Waals surface area contributed by atoms with Gasteiger partial charge in [0.25, 0.3) is 0 Å². The third kappa shape index (κ3) is 2.93. The second kappa shape index (κ2) is 4.80. The Morgan fingerprint density at radius 1 is 1.19 bits per heavy atom. The summed E-state index contributed by atoms with van der Waals surface area (Å²) in [6.07, 6.45) is 0. The van der Waals surface area contributed by atoms with Gasteiger partial charge in [0.1, 0.15) is 5.82 Å². The Morgan fingerprint density at radius 3 is 2.50 bits per heavy atom. The first kappa shape index (κ1) is 11.4. The lowest BCUT2D eigenvalue weighted by atomic mass is 10.1. The van der Waals surface area contributed by atoms with Crippen molar-refractivity contribution in [3.63, 3.8) is 0 Å². The van der Waals surface area contributed by atoms with Gasteiger partial charge in [-0.15, -0.1) is 0 Å². The van der Waals surface area contributed by atoms with Gasteiger partial charge in [-0.05, 0) is 30.8 Å². The van der Waals surface area contributed by atoms with E-state index >= 15 is 0 Å². The molecule has 3 nitrogen and oxygen atoms in total. The summed E-state index contributed by atoms with van der Waals surface area (Å²) in [4.78, 5) is 4.63. The maximum absolute atomic E-state index is 13.1. The molecule has 1 aliphatic rings. The fraction of sp³-hybridized carbons (Fsp3) is 0.500. The lowest BCUT2D eigenvalue weighted by Crippen LogP contribution is -2.43. The van der Waals surface area contributed by atoms with Gasteiger partial charge in [0.2, 0.25) is 0 Å². The topological polar surface area (TPSA) is 32.5 Å². The zero-order valence-corrected chi connectivity index (χ0v) is 9.62. The molecular weight excluding hydrogens is 205 g/mol. The summed E-state index contributed by atoms with van der Waals surface area (Å²) in [5.41, 5.74) is 7.08. The minimum atomic E-state index is -0.246. The van der Waals surface area contributed by atoms with Crippen LogP contribution in [0.5, 0.6) is 0 Å². The van der Waals surface area contributed by atoms with E-state index in [-0.39, 0.29) is 5.82 Å². The highest BCUT2D eigenvalue weighted by molar-refractivity contribution is 5.41. The number of nitrogens with zero attached hydrogens (tertiary/aromatic N) is 2. The summed E-state index contributed by atoms with van der Waals surface area (Å²) < 4.78 is 13.1. The lowest BCUT2D eigenvalue weighted by Gasteiger charge is -2.32. The van der Waals surface area contributed by atoms with Gasteiger partial charge in [-0.3, -0.25) is 4.90 Å². The molecule has 2 rings (SSSR count). The summed E-state index contributed by atoms with van der Waals surface area (Å²) in [6, 6.07) is 4.77. The van der Waals surface area contributed by atoms with Gasteiger partial charge in [-0.1, -0.05) is 0 Å². The van der Waals surface area contributed by atoms with Crippen molar-refractivity contribution >= 4 is 5.69 Å². The van der Waals surface area contributed by atoms with Crippen molar-refractivity contribution in [3.05, 3.63) is 29.6 Å². The fourth-order valence-electron chi connectivity index (χ4n) is 2.03. The molecule has 0 radical (unpaired) electrons. The van der Waals surface area contributed by atoms with Gasteiger partial charge in [-0.2, -0.15) is 0 Å². The molecule has 0 atom stereocenters. The molecule has 1 aromatic rings. The third-order valence-corrected chi connectivity index (χ3v) is 2.98. The molecule has 1 fully saturated rings. The van der Waals surface area contributed by atoms with Crippen LogP contribution in [0.4, 0.5) is 10.1 Å². The number of likely N-dealkylation sites (N-methyl/N-ethyl adjacent to an activating group) is 1. The Labute approximate surface area is 95.6 Å². The molecule has 1 saturated heterocycles. The average Bonchev–Trinajstić information content (AvgIpc) is 2.20. The van der Waals surface area contributed by atoms with Gasteiger partial charge in [0.05, 0.1) is 0 Å². The SMILES string of the molecule is CN1CCN(Cc2cc(N)cc(F)c2)CC1. The molecule has 1 aromatic carbocycles. The molecule has 1 heterocycles. The van der Waals surface area contributed by atoms with Crippen LogP contribution in [-0.2, 0) is 6.54 Å². The van der Waals surface area contributed by atoms with Crippen LogP contribution in [0.15, 0.2) is 18.2 Å². The van der Waals surface area contributed by atoms with Crippen molar-refractivity contribution in [2.24, 2.45) is 0 Å². The summed E-state index contributed by atoms with van der Waals surface area (Å²) in [5, 5.41) is 0. The largest absolute Gasteiger partial charge is 0.399 e. The van der Waals surface area contributed by atoms with Crippen molar-refractivity contribution in [2.45, 2.75) is 6.54 Å².